The lowest BCUT2D eigenvalue weighted by Gasteiger charge is -2.05. The van der Waals surface area contributed by atoms with Crippen LogP contribution in [0.25, 0.3) is 16.7 Å². The number of rotatable bonds is 1. The second-order valence-corrected chi connectivity index (χ2v) is 5.16. The molecule has 0 spiro atoms. The van der Waals surface area contributed by atoms with E-state index in [0.717, 1.165) is 9.27 Å². The third-order valence-electron chi connectivity index (χ3n) is 2.80. The molecule has 0 atom stereocenters. The molecule has 0 aliphatic heterocycles. The van der Waals surface area contributed by atoms with Crippen molar-refractivity contribution in [3.05, 3.63) is 69.0 Å². The lowest BCUT2D eigenvalue weighted by atomic mass is 10.2. The molecule has 94 valence electrons. The topological polar surface area (TPSA) is 50.7 Å². The molecule has 0 aromatic carbocycles. The summed E-state index contributed by atoms with van der Waals surface area (Å²) in [6, 6.07) is 0. The van der Waals surface area contributed by atoms with Gasteiger partial charge in [0.05, 0.1) is 11.7 Å². The Bertz CT molecular complexity index is 806. The van der Waals surface area contributed by atoms with E-state index in [1.54, 1.807) is 0 Å². The highest BCUT2D eigenvalue weighted by molar-refractivity contribution is 14.1. The highest BCUT2D eigenvalue weighted by Gasteiger charge is 2.12. The average molecular weight is 363 g/mol. The minimum Gasteiger partial charge on any atom is -0.312 e. The van der Waals surface area contributed by atoms with E-state index in [-0.39, 0.29) is 5.56 Å². The molecule has 2 aromatic rings. The van der Waals surface area contributed by atoms with Crippen LogP contribution >= 0.6 is 22.6 Å². The number of hydrogen-bond acceptors (Lipinski definition) is 2. The number of nitrogens with one attached hydrogen (secondary N) is 1. The summed E-state index contributed by atoms with van der Waals surface area (Å²) in [4.78, 5) is 18.7. The van der Waals surface area contributed by atoms with Gasteiger partial charge in [0.2, 0.25) is 0 Å². The molecule has 0 bridgehead atoms. The molecular weight excluding hydrogens is 353 g/mol. The summed E-state index contributed by atoms with van der Waals surface area (Å²) in [5.74, 6) is 0. The number of allylic oxidation sites excluding steroid dienone is 8. The Hall–Kier alpha value is -1.89. The van der Waals surface area contributed by atoms with E-state index >= 15 is 0 Å². The summed E-state index contributed by atoms with van der Waals surface area (Å²) in [5.41, 5.74) is 1.52. The maximum Gasteiger partial charge on any atom is 0.261 e. The number of aromatic amines is 1. The fraction of sp³-hybridized carbons (Fsp3) is 0. The van der Waals surface area contributed by atoms with Crippen molar-refractivity contribution in [3.8, 4) is 0 Å². The predicted octanol–water partition coefficient (Wildman–Crippen LogP) is 2.85. The van der Waals surface area contributed by atoms with Crippen molar-refractivity contribution in [1.29, 1.82) is 0 Å². The van der Waals surface area contributed by atoms with Crippen LogP contribution in [-0.2, 0) is 0 Å². The van der Waals surface area contributed by atoms with Gasteiger partial charge in [0.1, 0.15) is 0 Å². The number of aromatic nitrogens is 3. The van der Waals surface area contributed by atoms with Crippen molar-refractivity contribution >= 4 is 39.3 Å². The zero-order chi connectivity index (χ0) is 13.2. The number of hydrogen-bond donors (Lipinski definition) is 1. The van der Waals surface area contributed by atoms with Gasteiger partial charge in [-0.3, -0.25) is 4.79 Å². The molecule has 0 saturated carbocycles. The van der Waals surface area contributed by atoms with Gasteiger partial charge in [0.15, 0.2) is 5.65 Å². The molecular formula is C14H10IN3O. The lowest BCUT2D eigenvalue weighted by molar-refractivity contribution is 1.09. The van der Waals surface area contributed by atoms with Crippen LogP contribution in [0.2, 0.25) is 0 Å². The molecule has 1 N–H and O–H groups in total. The van der Waals surface area contributed by atoms with E-state index in [9.17, 15) is 4.79 Å². The van der Waals surface area contributed by atoms with Crippen molar-refractivity contribution in [2.45, 2.75) is 0 Å². The minimum atomic E-state index is -0.112. The Kier molecular flexibility index (Phi) is 3.20. The quantitative estimate of drug-likeness (QED) is 0.793. The molecule has 2 heterocycles. The Balaban J connectivity index is 2.27. The number of halogens is 1. The first-order chi connectivity index (χ1) is 9.27. The van der Waals surface area contributed by atoms with Crippen LogP contribution in [-0.4, -0.2) is 14.5 Å². The Labute approximate surface area is 123 Å². The van der Waals surface area contributed by atoms with Gasteiger partial charge in [-0.1, -0.05) is 30.4 Å². The van der Waals surface area contributed by atoms with Gasteiger partial charge in [-0.25, -0.2) is 4.98 Å². The normalized spacial score (nSPS) is 22.3. The van der Waals surface area contributed by atoms with E-state index in [2.05, 4.69) is 32.6 Å². The first-order valence-electron chi connectivity index (χ1n) is 5.74. The van der Waals surface area contributed by atoms with Crippen LogP contribution in [0.5, 0.6) is 0 Å². The van der Waals surface area contributed by atoms with Crippen molar-refractivity contribution in [1.82, 2.24) is 14.5 Å². The van der Waals surface area contributed by atoms with Gasteiger partial charge in [-0.05, 0) is 34.7 Å². The lowest BCUT2D eigenvalue weighted by Crippen LogP contribution is -2.07. The monoisotopic (exact) mass is 363 g/mol. The third kappa shape index (κ3) is 2.21. The van der Waals surface area contributed by atoms with Crippen LogP contribution in [0.1, 0.15) is 0 Å². The Morgan fingerprint density at radius 3 is 2.84 bits per heavy atom. The summed E-state index contributed by atoms with van der Waals surface area (Å²) in [6.45, 7) is 0. The van der Waals surface area contributed by atoms with E-state index in [1.807, 2.05) is 53.3 Å². The van der Waals surface area contributed by atoms with Gasteiger partial charge in [-0.2, -0.15) is 0 Å². The molecule has 0 radical (unpaired) electrons. The van der Waals surface area contributed by atoms with Crippen LogP contribution < -0.4 is 5.56 Å². The summed E-state index contributed by atoms with van der Waals surface area (Å²) in [5, 5.41) is 0.624. The first kappa shape index (κ1) is 12.2. The molecule has 0 amide bonds. The van der Waals surface area contributed by atoms with Crippen LogP contribution in [0.15, 0.2) is 59.9 Å². The number of nitrogens with zero attached hydrogens (tertiary/aromatic N) is 2. The molecule has 2 aromatic heterocycles. The molecule has 1 aliphatic carbocycles. The fourth-order valence-corrected chi connectivity index (χ4v) is 2.71. The molecule has 19 heavy (non-hydrogen) atoms. The minimum absolute atomic E-state index is 0.112. The van der Waals surface area contributed by atoms with Gasteiger partial charge < -0.3 is 9.55 Å². The summed E-state index contributed by atoms with van der Waals surface area (Å²) in [7, 11) is 0. The number of fused-ring (bicyclic) bond motifs is 1. The molecule has 0 unspecified atom stereocenters. The average Bonchev–Trinajstić information content (AvgIpc) is 2.68. The van der Waals surface area contributed by atoms with Crippen LogP contribution in [0.4, 0.5) is 0 Å². The van der Waals surface area contributed by atoms with E-state index in [1.165, 1.54) is 6.33 Å². The van der Waals surface area contributed by atoms with E-state index < -0.39 is 0 Å². The molecule has 5 heteroatoms. The van der Waals surface area contributed by atoms with Gasteiger partial charge >= 0.3 is 0 Å². The van der Waals surface area contributed by atoms with Crippen LogP contribution in [0, 0.1) is 3.57 Å². The van der Waals surface area contributed by atoms with E-state index in [0.29, 0.717) is 11.0 Å². The summed E-state index contributed by atoms with van der Waals surface area (Å²) < 4.78 is 2.81. The molecule has 0 fully saturated rings. The highest BCUT2D eigenvalue weighted by atomic mass is 127. The summed E-state index contributed by atoms with van der Waals surface area (Å²) in [6.07, 6.45) is 17.1. The third-order valence-corrected chi connectivity index (χ3v) is 3.62. The highest BCUT2D eigenvalue weighted by Crippen LogP contribution is 2.22. The second-order valence-electron chi connectivity index (χ2n) is 4.00. The standard InChI is InChI=1S/C14H10IN3O/c15-11-8-18(10-6-4-2-1-3-5-7-10)13-12(11)14(19)17-9-16-13/h1-9H,(H,16,17,19)/b2-1-,3-1?,4-2?,5-3-,6-4-,7-5?,10-6?,10-7+. The Morgan fingerprint density at radius 1 is 1.16 bits per heavy atom. The molecule has 0 saturated heterocycles. The summed E-state index contributed by atoms with van der Waals surface area (Å²) >= 11 is 2.15. The SMILES string of the molecule is O=c1[nH]cnc2c1c(I)cn2C1=C/C=C\C=C/C=C\1. The van der Waals surface area contributed by atoms with Gasteiger partial charge in [0, 0.05) is 15.5 Å². The van der Waals surface area contributed by atoms with Crippen LogP contribution in [0.3, 0.4) is 0 Å². The zero-order valence-electron chi connectivity index (χ0n) is 9.88. The fourth-order valence-electron chi connectivity index (χ4n) is 1.94. The van der Waals surface area contributed by atoms with Crippen molar-refractivity contribution < 1.29 is 0 Å². The first-order valence-corrected chi connectivity index (χ1v) is 6.81. The Morgan fingerprint density at radius 2 is 1.95 bits per heavy atom. The maximum atomic E-state index is 11.8. The number of H-pyrrole nitrogens is 1. The van der Waals surface area contributed by atoms with Crippen molar-refractivity contribution in [2.75, 3.05) is 0 Å². The molecule has 3 rings (SSSR count). The predicted molar refractivity (Wildman–Crippen MR) is 84.8 cm³/mol. The zero-order valence-corrected chi connectivity index (χ0v) is 12.0. The van der Waals surface area contributed by atoms with Crippen molar-refractivity contribution in [2.24, 2.45) is 0 Å². The van der Waals surface area contributed by atoms with E-state index in [4.69, 9.17) is 0 Å². The van der Waals surface area contributed by atoms with Crippen molar-refractivity contribution in [3.63, 3.8) is 0 Å². The van der Waals surface area contributed by atoms with Gasteiger partial charge in [0.25, 0.3) is 5.56 Å². The smallest absolute Gasteiger partial charge is 0.261 e. The molecule has 4 nitrogen and oxygen atoms in total. The largest absolute Gasteiger partial charge is 0.312 e. The maximum absolute atomic E-state index is 11.8. The molecule has 1 aliphatic rings. The van der Waals surface area contributed by atoms with Gasteiger partial charge in [-0.15, -0.1) is 0 Å². The second kappa shape index (κ2) is 5.00.